The first-order chi connectivity index (χ1) is 11.3. The van der Waals surface area contributed by atoms with Gasteiger partial charge in [-0.05, 0) is 86.4 Å². The van der Waals surface area contributed by atoms with E-state index in [1.165, 1.54) is 6.42 Å². The topological polar surface area (TPSA) is 60.7 Å². The highest BCUT2D eigenvalue weighted by molar-refractivity contribution is 5.25. The van der Waals surface area contributed by atoms with Crippen molar-refractivity contribution in [2.24, 2.45) is 34.5 Å². The van der Waals surface area contributed by atoms with Crippen LogP contribution in [-0.2, 0) is 0 Å². The molecule has 0 spiro atoms. The molecule has 3 nitrogen and oxygen atoms in total. The lowest BCUT2D eigenvalue weighted by Crippen LogP contribution is -2.63. The highest BCUT2D eigenvalue weighted by Crippen LogP contribution is 2.67. The standard InChI is InChI=1S/C21H34O3/c1-4-12-5-6-14-17-15(8-10-20(12,14)2)21(3)9-7-13(22)11-16(21)18(23)19(17)24/h4,13-19,22-24H,5-11H2,1-3H3/b12-4-/t13-,14+,15+,16?,17+,18-,19-,20-,21-/m1/s1. The summed E-state index contributed by atoms with van der Waals surface area (Å²) in [5.41, 5.74) is 1.86. The van der Waals surface area contributed by atoms with E-state index in [4.69, 9.17) is 0 Å². The minimum Gasteiger partial charge on any atom is -0.393 e. The number of rotatable bonds is 0. The van der Waals surface area contributed by atoms with Gasteiger partial charge < -0.3 is 15.3 Å². The second-order valence-electron chi connectivity index (χ2n) is 9.62. The van der Waals surface area contributed by atoms with Crippen LogP contribution in [0.25, 0.3) is 0 Å². The summed E-state index contributed by atoms with van der Waals surface area (Å²) in [7, 11) is 0. The van der Waals surface area contributed by atoms with E-state index in [0.29, 0.717) is 18.3 Å². The molecule has 4 rings (SSSR count). The minimum absolute atomic E-state index is 0.0458. The molecule has 0 amide bonds. The third-order valence-corrected chi connectivity index (χ3v) is 8.92. The van der Waals surface area contributed by atoms with Crippen LogP contribution in [0.15, 0.2) is 11.6 Å². The average molecular weight is 335 g/mol. The molecule has 0 aliphatic heterocycles. The first kappa shape index (κ1) is 17.1. The van der Waals surface area contributed by atoms with Gasteiger partial charge in [0.05, 0.1) is 18.3 Å². The second-order valence-corrected chi connectivity index (χ2v) is 9.62. The van der Waals surface area contributed by atoms with Crippen LogP contribution >= 0.6 is 0 Å². The van der Waals surface area contributed by atoms with Crippen molar-refractivity contribution in [3.05, 3.63) is 11.6 Å². The van der Waals surface area contributed by atoms with Crippen molar-refractivity contribution in [2.75, 3.05) is 0 Å². The van der Waals surface area contributed by atoms with Gasteiger partial charge in [0, 0.05) is 0 Å². The van der Waals surface area contributed by atoms with E-state index in [1.807, 2.05) is 0 Å². The van der Waals surface area contributed by atoms with Crippen LogP contribution in [0.1, 0.15) is 65.7 Å². The van der Waals surface area contributed by atoms with E-state index in [9.17, 15) is 15.3 Å². The summed E-state index contributed by atoms with van der Waals surface area (Å²) in [5.74, 6) is 1.25. The fourth-order valence-electron chi connectivity index (χ4n) is 7.56. The molecule has 1 unspecified atom stereocenters. The molecular weight excluding hydrogens is 300 g/mol. The van der Waals surface area contributed by atoms with Gasteiger partial charge in [-0.1, -0.05) is 25.5 Å². The van der Waals surface area contributed by atoms with E-state index >= 15 is 0 Å². The highest BCUT2D eigenvalue weighted by Gasteiger charge is 2.63. The molecule has 0 bridgehead atoms. The van der Waals surface area contributed by atoms with Crippen LogP contribution in [0, 0.1) is 34.5 Å². The van der Waals surface area contributed by atoms with E-state index in [0.717, 1.165) is 32.1 Å². The zero-order valence-corrected chi connectivity index (χ0v) is 15.4. The van der Waals surface area contributed by atoms with Crippen molar-refractivity contribution in [1.82, 2.24) is 0 Å². The quantitative estimate of drug-likeness (QED) is 0.596. The molecular formula is C21H34O3. The number of fused-ring (bicyclic) bond motifs is 5. The molecule has 4 fully saturated rings. The Kier molecular flexibility index (Phi) is 3.95. The Morgan fingerprint density at radius 3 is 2.38 bits per heavy atom. The summed E-state index contributed by atoms with van der Waals surface area (Å²) >= 11 is 0. The summed E-state index contributed by atoms with van der Waals surface area (Å²) in [6.45, 7) is 6.89. The maximum Gasteiger partial charge on any atom is 0.0836 e. The zero-order valence-electron chi connectivity index (χ0n) is 15.4. The van der Waals surface area contributed by atoms with Gasteiger partial charge in [0.15, 0.2) is 0 Å². The third kappa shape index (κ3) is 2.07. The van der Waals surface area contributed by atoms with Gasteiger partial charge in [0.2, 0.25) is 0 Å². The van der Waals surface area contributed by atoms with Gasteiger partial charge in [-0.2, -0.15) is 0 Å². The zero-order chi connectivity index (χ0) is 17.3. The molecule has 4 saturated carbocycles. The Bertz CT molecular complexity index is 543. The van der Waals surface area contributed by atoms with Crippen molar-refractivity contribution in [2.45, 2.75) is 84.0 Å². The van der Waals surface area contributed by atoms with Crippen LogP contribution in [0.2, 0.25) is 0 Å². The van der Waals surface area contributed by atoms with Gasteiger partial charge in [0.25, 0.3) is 0 Å². The molecule has 0 aromatic carbocycles. The summed E-state index contributed by atoms with van der Waals surface area (Å²) in [6, 6.07) is 0. The Hall–Kier alpha value is -0.380. The summed E-state index contributed by atoms with van der Waals surface area (Å²) in [5, 5.41) is 32.1. The molecule has 0 heterocycles. The molecule has 0 aromatic heterocycles. The monoisotopic (exact) mass is 334 g/mol. The van der Waals surface area contributed by atoms with Crippen molar-refractivity contribution in [3.63, 3.8) is 0 Å². The van der Waals surface area contributed by atoms with E-state index in [2.05, 4.69) is 26.8 Å². The molecule has 0 aromatic rings. The number of allylic oxidation sites excluding steroid dienone is 2. The Labute approximate surface area is 146 Å². The maximum absolute atomic E-state index is 11.1. The summed E-state index contributed by atoms with van der Waals surface area (Å²) < 4.78 is 0. The smallest absolute Gasteiger partial charge is 0.0836 e. The fourth-order valence-corrected chi connectivity index (χ4v) is 7.56. The normalized spacial score (nSPS) is 58.9. The van der Waals surface area contributed by atoms with E-state index < -0.39 is 12.2 Å². The van der Waals surface area contributed by atoms with Crippen molar-refractivity contribution in [3.8, 4) is 0 Å². The van der Waals surface area contributed by atoms with Crippen LogP contribution < -0.4 is 0 Å². The van der Waals surface area contributed by atoms with Gasteiger partial charge in [0.1, 0.15) is 0 Å². The first-order valence-electron chi connectivity index (χ1n) is 10.0. The Morgan fingerprint density at radius 1 is 0.917 bits per heavy atom. The maximum atomic E-state index is 11.1. The highest BCUT2D eigenvalue weighted by atomic mass is 16.3. The molecule has 3 heteroatoms. The van der Waals surface area contributed by atoms with Crippen molar-refractivity contribution < 1.29 is 15.3 Å². The van der Waals surface area contributed by atoms with Crippen LogP contribution in [-0.4, -0.2) is 33.6 Å². The number of hydrogen-bond donors (Lipinski definition) is 3. The van der Waals surface area contributed by atoms with Gasteiger partial charge in [-0.15, -0.1) is 0 Å². The number of aliphatic hydroxyl groups is 3. The lowest BCUT2D eigenvalue weighted by atomic mass is 9.43. The van der Waals surface area contributed by atoms with E-state index in [1.54, 1.807) is 5.57 Å². The molecule has 9 atom stereocenters. The summed E-state index contributed by atoms with van der Waals surface area (Å²) in [4.78, 5) is 0. The van der Waals surface area contributed by atoms with Crippen LogP contribution in [0.3, 0.4) is 0 Å². The Morgan fingerprint density at radius 2 is 1.67 bits per heavy atom. The number of aliphatic hydroxyl groups excluding tert-OH is 3. The first-order valence-corrected chi connectivity index (χ1v) is 10.0. The minimum atomic E-state index is -0.678. The van der Waals surface area contributed by atoms with Gasteiger partial charge in [-0.3, -0.25) is 0 Å². The second kappa shape index (κ2) is 5.56. The third-order valence-electron chi connectivity index (χ3n) is 8.92. The molecule has 4 aliphatic rings. The largest absolute Gasteiger partial charge is 0.393 e. The average Bonchev–Trinajstić information content (AvgIpc) is 2.90. The van der Waals surface area contributed by atoms with Gasteiger partial charge in [-0.25, -0.2) is 0 Å². The predicted molar refractivity (Wildman–Crippen MR) is 94.3 cm³/mol. The molecule has 0 saturated heterocycles. The van der Waals surface area contributed by atoms with Crippen LogP contribution in [0.5, 0.6) is 0 Å². The molecule has 24 heavy (non-hydrogen) atoms. The van der Waals surface area contributed by atoms with Crippen molar-refractivity contribution in [1.29, 1.82) is 0 Å². The molecule has 136 valence electrons. The molecule has 3 N–H and O–H groups in total. The lowest BCUT2D eigenvalue weighted by molar-refractivity contribution is -0.217. The SMILES string of the molecule is C/C=C1/CC[C@H]2[C@@H]3[C@@H](O)[C@H](O)C4C[C@H](O)CC[C@]4(C)[C@H]3CC[C@]12C. The molecule has 4 aliphatic carbocycles. The van der Waals surface area contributed by atoms with Gasteiger partial charge >= 0.3 is 0 Å². The summed E-state index contributed by atoms with van der Waals surface area (Å²) in [6.07, 6.45) is 7.86. The van der Waals surface area contributed by atoms with Crippen LogP contribution in [0.4, 0.5) is 0 Å². The van der Waals surface area contributed by atoms with Crippen molar-refractivity contribution >= 4 is 0 Å². The fraction of sp³-hybridized carbons (Fsp3) is 0.905. The van der Waals surface area contributed by atoms with E-state index in [-0.39, 0.29) is 28.8 Å². The predicted octanol–water partition coefficient (Wildman–Crippen LogP) is 3.28. The number of hydrogen-bond acceptors (Lipinski definition) is 3. The Balaban J connectivity index is 1.73. The molecule has 0 radical (unpaired) electrons. The lowest BCUT2D eigenvalue weighted by Gasteiger charge is -2.63.